The van der Waals surface area contributed by atoms with Crippen molar-refractivity contribution in [3.8, 4) is 0 Å². The van der Waals surface area contributed by atoms with E-state index in [1.165, 1.54) is 10.1 Å². The van der Waals surface area contributed by atoms with E-state index in [1.54, 1.807) is 18.4 Å². The summed E-state index contributed by atoms with van der Waals surface area (Å²) in [5.41, 5.74) is 0.912. The fourth-order valence-electron chi connectivity index (χ4n) is 1.69. The van der Waals surface area contributed by atoms with Crippen LogP contribution in [-0.4, -0.2) is 22.0 Å². The molecule has 0 bridgehead atoms. The molecular weight excluding hydrogens is 282 g/mol. The van der Waals surface area contributed by atoms with Crippen molar-refractivity contribution < 1.29 is 0 Å². The highest BCUT2D eigenvalue weighted by Crippen LogP contribution is 2.25. The molecule has 0 spiro atoms. The van der Waals surface area contributed by atoms with Gasteiger partial charge in [0.1, 0.15) is 0 Å². The van der Waals surface area contributed by atoms with E-state index >= 15 is 0 Å². The highest BCUT2D eigenvalue weighted by molar-refractivity contribution is 7.17. The molecule has 0 aliphatic rings. The minimum absolute atomic E-state index is 0.151. The van der Waals surface area contributed by atoms with Crippen LogP contribution in [0.1, 0.15) is 0 Å². The highest BCUT2D eigenvalue weighted by atomic mass is 35.5. The van der Waals surface area contributed by atoms with Crippen molar-refractivity contribution in [2.75, 3.05) is 17.7 Å². The summed E-state index contributed by atoms with van der Waals surface area (Å²) in [5.74, 6) is 0.845. The number of hydrogen-bond acceptors (Lipinski definition) is 6. The fraction of sp³-hybridized carbons (Fsp3) is 0.0833. The standard InChI is InChI=1S/C12H10ClN5S/c1-14-11-16-10(13)17-12(18-11)15-8-2-3-9-7(6-8)4-5-19-9/h2-6H,1H3,(H2,14,15,16,17,18). The fourth-order valence-corrected chi connectivity index (χ4v) is 2.62. The number of benzene rings is 1. The molecule has 0 unspecified atom stereocenters. The predicted molar refractivity (Wildman–Crippen MR) is 79.5 cm³/mol. The minimum Gasteiger partial charge on any atom is -0.357 e. The average Bonchev–Trinajstić information content (AvgIpc) is 2.85. The van der Waals surface area contributed by atoms with E-state index in [4.69, 9.17) is 11.6 Å². The Labute approximate surface area is 118 Å². The largest absolute Gasteiger partial charge is 0.357 e. The first-order chi connectivity index (χ1) is 9.24. The second-order valence-electron chi connectivity index (χ2n) is 3.80. The molecule has 0 atom stereocenters. The molecule has 3 aromatic rings. The quantitative estimate of drug-likeness (QED) is 0.773. The average molecular weight is 292 g/mol. The lowest BCUT2D eigenvalue weighted by Crippen LogP contribution is -2.03. The molecule has 0 radical (unpaired) electrons. The first-order valence-corrected chi connectivity index (χ1v) is 6.84. The van der Waals surface area contributed by atoms with Crippen LogP contribution in [-0.2, 0) is 0 Å². The number of fused-ring (bicyclic) bond motifs is 1. The molecule has 0 saturated heterocycles. The van der Waals surface area contributed by atoms with Gasteiger partial charge in [-0.3, -0.25) is 0 Å². The second kappa shape index (κ2) is 4.99. The van der Waals surface area contributed by atoms with Gasteiger partial charge < -0.3 is 10.6 Å². The summed E-state index contributed by atoms with van der Waals surface area (Å²) in [6.45, 7) is 0. The van der Waals surface area contributed by atoms with Crippen LogP contribution in [0.15, 0.2) is 29.6 Å². The summed E-state index contributed by atoms with van der Waals surface area (Å²) in [6.07, 6.45) is 0. The third-order valence-corrected chi connectivity index (χ3v) is 3.61. The number of hydrogen-bond donors (Lipinski definition) is 2. The second-order valence-corrected chi connectivity index (χ2v) is 5.09. The molecule has 7 heteroatoms. The van der Waals surface area contributed by atoms with Crippen molar-refractivity contribution in [1.29, 1.82) is 0 Å². The van der Waals surface area contributed by atoms with Gasteiger partial charge in [0.2, 0.25) is 17.2 Å². The van der Waals surface area contributed by atoms with Gasteiger partial charge in [-0.05, 0) is 46.6 Å². The van der Waals surface area contributed by atoms with Crippen molar-refractivity contribution in [2.24, 2.45) is 0 Å². The summed E-state index contributed by atoms with van der Waals surface area (Å²) in [4.78, 5) is 12.2. The molecule has 2 aromatic heterocycles. The van der Waals surface area contributed by atoms with Gasteiger partial charge in [0.05, 0.1) is 0 Å². The number of aromatic nitrogens is 3. The summed E-state index contributed by atoms with van der Waals surface area (Å²) in [7, 11) is 1.73. The van der Waals surface area contributed by atoms with Crippen LogP contribution >= 0.6 is 22.9 Å². The topological polar surface area (TPSA) is 62.7 Å². The van der Waals surface area contributed by atoms with E-state index in [0.29, 0.717) is 11.9 Å². The van der Waals surface area contributed by atoms with E-state index in [2.05, 4.69) is 43.1 Å². The number of anilines is 3. The van der Waals surface area contributed by atoms with E-state index in [-0.39, 0.29) is 5.28 Å². The van der Waals surface area contributed by atoms with Crippen LogP contribution < -0.4 is 10.6 Å². The molecule has 0 amide bonds. The molecule has 2 heterocycles. The van der Waals surface area contributed by atoms with Crippen molar-refractivity contribution >= 4 is 50.6 Å². The number of halogens is 1. The third-order valence-electron chi connectivity index (χ3n) is 2.54. The minimum atomic E-state index is 0.151. The Morgan fingerprint density at radius 3 is 2.79 bits per heavy atom. The third kappa shape index (κ3) is 2.59. The molecule has 3 rings (SSSR count). The molecule has 19 heavy (non-hydrogen) atoms. The van der Waals surface area contributed by atoms with Crippen molar-refractivity contribution in [2.45, 2.75) is 0 Å². The maximum Gasteiger partial charge on any atom is 0.233 e. The highest BCUT2D eigenvalue weighted by Gasteiger charge is 2.05. The molecular formula is C12H10ClN5S. The van der Waals surface area contributed by atoms with Crippen LogP contribution in [0.5, 0.6) is 0 Å². The molecule has 96 valence electrons. The van der Waals surface area contributed by atoms with Crippen molar-refractivity contribution in [3.05, 3.63) is 34.9 Å². The van der Waals surface area contributed by atoms with Crippen LogP contribution in [0.25, 0.3) is 10.1 Å². The van der Waals surface area contributed by atoms with Gasteiger partial charge in [-0.25, -0.2) is 0 Å². The Morgan fingerprint density at radius 1 is 1.11 bits per heavy atom. The number of nitrogens with zero attached hydrogens (tertiary/aromatic N) is 3. The summed E-state index contributed by atoms with van der Waals surface area (Å²) < 4.78 is 1.25. The van der Waals surface area contributed by atoms with Gasteiger partial charge in [0.25, 0.3) is 0 Å². The Bertz CT molecular complexity index is 727. The van der Waals surface area contributed by atoms with Crippen LogP contribution in [0.4, 0.5) is 17.6 Å². The molecule has 0 saturated carbocycles. The van der Waals surface area contributed by atoms with E-state index in [9.17, 15) is 0 Å². The zero-order valence-electron chi connectivity index (χ0n) is 10.0. The van der Waals surface area contributed by atoms with Gasteiger partial charge in [0, 0.05) is 17.4 Å². The Kier molecular flexibility index (Phi) is 3.18. The molecule has 2 N–H and O–H groups in total. The molecule has 0 aliphatic heterocycles. The van der Waals surface area contributed by atoms with E-state index in [1.807, 2.05) is 12.1 Å². The zero-order chi connectivity index (χ0) is 13.2. The van der Waals surface area contributed by atoms with Crippen LogP contribution in [0.3, 0.4) is 0 Å². The maximum atomic E-state index is 5.83. The molecule has 0 aliphatic carbocycles. The monoisotopic (exact) mass is 291 g/mol. The zero-order valence-corrected chi connectivity index (χ0v) is 11.6. The normalized spacial score (nSPS) is 10.6. The lowest BCUT2D eigenvalue weighted by atomic mass is 10.2. The predicted octanol–water partition coefficient (Wildman–Crippen LogP) is 3.53. The van der Waals surface area contributed by atoms with Gasteiger partial charge in [-0.1, -0.05) is 0 Å². The smallest absolute Gasteiger partial charge is 0.233 e. The van der Waals surface area contributed by atoms with E-state index in [0.717, 1.165) is 5.69 Å². The first-order valence-electron chi connectivity index (χ1n) is 5.58. The SMILES string of the molecule is CNc1nc(Cl)nc(Nc2ccc3sccc3c2)n1. The summed E-state index contributed by atoms with van der Waals surface area (Å²) >= 11 is 7.54. The van der Waals surface area contributed by atoms with Gasteiger partial charge >= 0.3 is 0 Å². The molecule has 0 fully saturated rings. The number of thiophene rings is 1. The first kappa shape index (κ1) is 12.1. The Morgan fingerprint density at radius 2 is 1.95 bits per heavy atom. The van der Waals surface area contributed by atoms with Crippen LogP contribution in [0.2, 0.25) is 5.28 Å². The Hall–Kier alpha value is -1.92. The van der Waals surface area contributed by atoms with Crippen molar-refractivity contribution in [3.63, 3.8) is 0 Å². The van der Waals surface area contributed by atoms with Crippen molar-refractivity contribution in [1.82, 2.24) is 15.0 Å². The van der Waals surface area contributed by atoms with E-state index < -0.39 is 0 Å². The van der Waals surface area contributed by atoms with Gasteiger partial charge in [-0.2, -0.15) is 15.0 Å². The lowest BCUT2D eigenvalue weighted by molar-refractivity contribution is 1.05. The summed E-state index contributed by atoms with van der Waals surface area (Å²) in [5, 5.41) is 9.35. The van der Waals surface area contributed by atoms with Gasteiger partial charge in [0.15, 0.2) is 0 Å². The van der Waals surface area contributed by atoms with Crippen LogP contribution in [0, 0.1) is 0 Å². The maximum absolute atomic E-state index is 5.83. The molecule has 5 nitrogen and oxygen atoms in total. The number of nitrogens with one attached hydrogen (secondary N) is 2. The molecule has 1 aromatic carbocycles. The number of rotatable bonds is 3. The Balaban J connectivity index is 1.93. The summed E-state index contributed by atoms with van der Waals surface area (Å²) in [6, 6.07) is 8.16. The lowest BCUT2D eigenvalue weighted by Gasteiger charge is -2.06. The van der Waals surface area contributed by atoms with Gasteiger partial charge in [-0.15, -0.1) is 11.3 Å².